The van der Waals surface area contributed by atoms with E-state index < -0.39 is 12.0 Å². The number of carbonyl (C=O) groups is 2. The highest BCUT2D eigenvalue weighted by Gasteiger charge is 2.35. The number of ether oxygens (including phenoxy) is 1. The molecule has 6 nitrogen and oxygen atoms in total. The van der Waals surface area contributed by atoms with Crippen molar-refractivity contribution in [3.05, 3.63) is 46.2 Å². The summed E-state index contributed by atoms with van der Waals surface area (Å²) < 4.78 is 5.66. The van der Waals surface area contributed by atoms with Crippen LogP contribution < -0.4 is 15.4 Å². The van der Waals surface area contributed by atoms with Gasteiger partial charge in [-0.3, -0.25) is 14.5 Å². The Kier molecular flexibility index (Phi) is 4.88. The number of carbonyl (C=O) groups excluding carboxylic acids is 2. The first-order chi connectivity index (χ1) is 13.1. The van der Waals surface area contributed by atoms with E-state index in [-0.39, 0.29) is 18.5 Å². The van der Waals surface area contributed by atoms with Crippen LogP contribution in [0.2, 0.25) is 0 Å². The second-order valence-electron chi connectivity index (χ2n) is 6.92. The molecule has 1 aromatic heterocycles. The lowest BCUT2D eigenvalue weighted by atomic mass is 9.98. The van der Waals surface area contributed by atoms with Crippen molar-refractivity contribution in [1.29, 1.82) is 0 Å². The molecule has 0 saturated heterocycles. The molecule has 0 radical (unpaired) electrons. The van der Waals surface area contributed by atoms with E-state index in [0.717, 1.165) is 19.4 Å². The Bertz CT molecular complexity index is 866. The van der Waals surface area contributed by atoms with E-state index in [1.165, 1.54) is 10.4 Å². The van der Waals surface area contributed by atoms with Gasteiger partial charge in [-0.25, -0.2) is 0 Å². The lowest BCUT2D eigenvalue weighted by Crippen LogP contribution is -2.52. The molecule has 4 rings (SSSR count). The van der Waals surface area contributed by atoms with Gasteiger partial charge in [-0.1, -0.05) is 19.1 Å². The second-order valence-corrected chi connectivity index (χ2v) is 7.93. The summed E-state index contributed by atoms with van der Waals surface area (Å²) in [7, 11) is 0. The van der Waals surface area contributed by atoms with Gasteiger partial charge < -0.3 is 15.4 Å². The number of nitrogens with two attached hydrogens (primary N) is 1. The molecule has 0 spiro atoms. The first-order valence-electron chi connectivity index (χ1n) is 9.24. The van der Waals surface area contributed by atoms with Gasteiger partial charge >= 0.3 is 0 Å². The summed E-state index contributed by atoms with van der Waals surface area (Å²) in [5.74, 6) is -0.0736. The normalized spacial score (nSPS) is 21.9. The molecular weight excluding hydrogens is 362 g/mol. The number of fused-ring (bicyclic) bond motifs is 2. The minimum absolute atomic E-state index is 0.0332. The molecule has 2 atom stereocenters. The monoisotopic (exact) mass is 385 g/mol. The molecule has 2 aliphatic rings. The average Bonchev–Trinajstić information content (AvgIpc) is 3.15. The van der Waals surface area contributed by atoms with Crippen molar-refractivity contribution in [1.82, 2.24) is 4.90 Å². The van der Waals surface area contributed by atoms with Gasteiger partial charge in [0.15, 0.2) is 6.10 Å². The average molecular weight is 385 g/mol. The van der Waals surface area contributed by atoms with Crippen LogP contribution >= 0.6 is 11.3 Å². The van der Waals surface area contributed by atoms with Crippen LogP contribution in [0.25, 0.3) is 0 Å². The van der Waals surface area contributed by atoms with E-state index in [1.54, 1.807) is 22.3 Å². The number of primary amides is 1. The minimum atomic E-state index is -0.823. The van der Waals surface area contributed by atoms with Crippen molar-refractivity contribution >= 4 is 28.8 Å². The van der Waals surface area contributed by atoms with Crippen molar-refractivity contribution in [3.8, 4) is 5.75 Å². The zero-order valence-corrected chi connectivity index (χ0v) is 16.1. The predicted octanol–water partition coefficient (Wildman–Crippen LogP) is 2.34. The fourth-order valence-corrected chi connectivity index (χ4v) is 4.92. The SMILES string of the molecule is CCC1c2ccsc2CCN1CC(=O)N1CC(C(N)=O)Oc2ccccc21. The molecule has 0 bridgehead atoms. The maximum absolute atomic E-state index is 13.2. The quantitative estimate of drug-likeness (QED) is 0.877. The third-order valence-electron chi connectivity index (χ3n) is 5.32. The molecule has 0 fully saturated rings. The third kappa shape index (κ3) is 3.33. The van der Waals surface area contributed by atoms with Crippen LogP contribution in [0.15, 0.2) is 35.7 Å². The highest BCUT2D eigenvalue weighted by atomic mass is 32.1. The molecule has 1 aromatic carbocycles. The number of para-hydroxylation sites is 2. The van der Waals surface area contributed by atoms with E-state index in [1.807, 2.05) is 18.2 Å². The number of nitrogens with zero attached hydrogens (tertiary/aromatic N) is 2. The Morgan fingerprint density at radius 3 is 2.89 bits per heavy atom. The van der Waals surface area contributed by atoms with Gasteiger partial charge in [-0.2, -0.15) is 0 Å². The predicted molar refractivity (Wildman–Crippen MR) is 105 cm³/mol. The zero-order chi connectivity index (χ0) is 19.0. The molecule has 2 N–H and O–H groups in total. The van der Waals surface area contributed by atoms with Crippen LogP contribution in [0.1, 0.15) is 29.8 Å². The molecule has 2 unspecified atom stereocenters. The molecule has 2 aliphatic heterocycles. The second kappa shape index (κ2) is 7.32. The number of thiophene rings is 1. The Morgan fingerprint density at radius 2 is 2.11 bits per heavy atom. The Labute approximate surface area is 162 Å². The topological polar surface area (TPSA) is 75.9 Å². The molecule has 2 aromatic rings. The minimum Gasteiger partial charge on any atom is -0.477 e. The lowest BCUT2D eigenvalue weighted by Gasteiger charge is -2.38. The number of hydrogen-bond donors (Lipinski definition) is 1. The lowest BCUT2D eigenvalue weighted by molar-refractivity contribution is -0.125. The van der Waals surface area contributed by atoms with Crippen LogP contribution in [-0.2, 0) is 16.0 Å². The third-order valence-corrected chi connectivity index (χ3v) is 6.32. The highest BCUT2D eigenvalue weighted by molar-refractivity contribution is 7.10. The molecule has 7 heteroatoms. The molecule has 27 heavy (non-hydrogen) atoms. The molecule has 142 valence electrons. The van der Waals surface area contributed by atoms with Gasteiger partial charge in [-0.15, -0.1) is 11.3 Å². The molecule has 3 heterocycles. The van der Waals surface area contributed by atoms with Crippen LogP contribution in [-0.4, -0.2) is 42.5 Å². The summed E-state index contributed by atoms with van der Waals surface area (Å²) in [6, 6.07) is 9.72. The fourth-order valence-electron chi connectivity index (χ4n) is 3.99. The van der Waals surface area contributed by atoms with E-state index in [9.17, 15) is 9.59 Å². The fraction of sp³-hybridized carbons (Fsp3) is 0.400. The van der Waals surface area contributed by atoms with Gasteiger partial charge in [-0.05, 0) is 42.0 Å². The Balaban J connectivity index is 1.56. The summed E-state index contributed by atoms with van der Waals surface area (Å²) in [6.45, 7) is 3.48. The van der Waals surface area contributed by atoms with Crippen LogP contribution in [0.5, 0.6) is 5.75 Å². The number of anilines is 1. The van der Waals surface area contributed by atoms with Crippen molar-refractivity contribution in [2.75, 3.05) is 24.5 Å². The Morgan fingerprint density at radius 1 is 1.30 bits per heavy atom. The van der Waals surface area contributed by atoms with Crippen molar-refractivity contribution < 1.29 is 14.3 Å². The zero-order valence-electron chi connectivity index (χ0n) is 15.3. The number of benzene rings is 1. The largest absolute Gasteiger partial charge is 0.477 e. The summed E-state index contributed by atoms with van der Waals surface area (Å²) in [6.07, 6.45) is 1.11. The molecule has 0 saturated carbocycles. The van der Waals surface area contributed by atoms with E-state index in [2.05, 4.69) is 23.3 Å². The maximum Gasteiger partial charge on any atom is 0.260 e. The number of rotatable bonds is 4. The highest BCUT2D eigenvalue weighted by Crippen LogP contribution is 2.36. The van der Waals surface area contributed by atoms with Gasteiger partial charge in [0.2, 0.25) is 5.91 Å². The van der Waals surface area contributed by atoms with Crippen molar-refractivity contribution in [2.24, 2.45) is 5.73 Å². The van der Waals surface area contributed by atoms with Gasteiger partial charge in [0.25, 0.3) is 5.91 Å². The maximum atomic E-state index is 13.2. The van der Waals surface area contributed by atoms with E-state index in [0.29, 0.717) is 18.0 Å². The molecule has 2 amide bonds. The van der Waals surface area contributed by atoms with Gasteiger partial charge in [0, 0.05) is 17.5 Å². The van der Waals surface area contributed by atoms with Crippen LogP contribution in [0, 0.1) is 0 Å². The number of amides is 2. The molecular formula is C20H23N3O3S. The summed E-state index contributed by atoms with van der Waals surface area (Å²) >= 11 is 1.80. The first-order valence-corrected chi connectivity index (χ1v) is 10.1. The van der Waals surface area contributed by atoms with E-state index in [4.69, 9.17) is 10.5 Å². The standard InChI is InChI=1S/C20H23N3O3S/c1-2-14-13-8-10-27-18(13)7-9-22(14)12-19(24)23-11-17(20(21)25)26-16-6-4-3-5-15(16)23/h3-6,8,10,14,17H,2,7,9,11-12H2,1H3,(H2,21,25). The van der Waals surface area contributed by atoms with Crippen molar-refractivity contribution in [3.63, 3.8) is 0 Å². The molecule has 0 aliphatic carbocycles. The van der Waals surface area contributed by atoms with Crippen molar-refractivity contribution in [2.45, 2.75) is 31.9 Å². The van der Waals surface area contributed by atoms with E-state index >= 15 is 0 Å². The Hall–Kier alpha value is -2.38. The smallest absolute Gasteiger partial charge is 0.260 e. The summed E-state index contributed by atoms with van der Waals surface area (Å²) in [5.41, 5.74) is 7.49. The van der Waals surface area contributed by atoms with Crippen LogP contribution in [0.4, 0.5) is 5.69 Å². The summed E-state index contributed by atoms with van der Waals surface area (Å²) in [4.78, 5) is 30.2. The number of hydrogen-bond acceptors (Lipinski definition) is 5. The van der Waals surface area contributed by atoms with Crippen LogP contribution in [0.3, 0.4) is 0 Å². The van der Waals surface area contributed by atoms with Gasteiger partial charge in [0.05, 0.1) is 18.8 Å². The summed E-state index contributed by atoms with van der Waals surface area (Å²) in [5, 5.41) is 2.13. The van der Waals surface area contributed by atoms with Gasteiger partial charge in [0.1, 0.15) is 5.75 Å². The first kappa shape index (κ1) is 18.0.